The Balaban J connectivity index is 0.00000144. The summed E-state index contributed by atoms with van der Waals surface area (Å²) >= 11 is 1.37. The van der Waals surface area contributed by atoms with E-state index in [1.165, 1.54) is 11.3 Å². The number of hydrogen-bond acceptors (Lipinski definition) is 5. The van der Waals surface area contributed by atoms with E-state index in [2.05, 4.69) is 15.6 Å². The van der Waals surface area contributed by atoms with Crippen molar-refractivity contribution in [1.82, 2.24) is 15.2 Å². The fraction of sp³-hybridized carbons (Fsp3) is 0.667. The Morgan fingerprint density at radius 1 is 1.33 bits per heavy atom. The lowest BCUT2D eigenvalue weighted by atomic mass is 10.0. The standard InChI is InChI=1S/C15H22N4O2S.2ClH/c1-9(2)14(21)18-15-17-12(8-22-15)3-13(20)19-6-10-4-16-5-11(10)7-19;;/h8-11,16H,3-7H2,1-2H3,(H,17,18,21);2*1H/t10-,11+;;. The second-order valence-electron chi connectivity index (χ2n) is 6.44. The highest BCUT2D eigenvalue weighted by Crippen LogP contribution is 2.27. The molecule has 0 saturated carbocycles. The van der Waals surface area contributed by atoms with Gasteiger partial charge in [0.15, 0.2) is 5.13 Å². The minimum atomic E-state index is -0.0772. The molecular weight excluding hydrogens is 371 g/mol. The van der Waals surface area contributed by atoms with Crippen molar-refractivity contribution in [3.05, 3.63) is 11.1 Å². The smallest absolute Gasteiger partial charge is 0.228 e. The maximum atomic E-state index is 12.4. The molecule has 0 radical (unpaired) electrons. The van der Waals surface area contributed by atoms with E-state index >= 15 is 0 Å². The molecule has 0 aliphatic carbocycles. The summed E-state index contributed by atoms with van der Waals surface area (Å²) < 4.78 is 0. The van der Waals surface area contributed by atoms with Crippen LogP contribution in [0, 0.1) is 17.8 Å². The Hall–Kier alpha value is -0.890. The third kappa shape index (κ3) is 4.81. The second-order valence-corrected chi connectivity index (χ2v) is 7.30. The molecule has 2 amide bonds. The molecular formula is C15H24Cl2N4O2S. The van der Waals surface area contributed by atoms with Gasteiger partial charge in [-0.15, -0.1) is 36.2 Å². The van der Waals surface area contributed by atoms with Crippen LogP contribution < -0.4 is 10.6 Å². The van der Waals surface area contributed by atoms with E-state index in [0.29, 0.717) is 23.4 Å². The molecule has 0 unspecified atom stereocenters. The van der Waals surface area contributed by atoms with Crippen LogP contribution in [0.2, 0.25) is 0 Å². The lowest BCUT2D eigenvalue weighted by Crippen LogP contribution is -2.33. The molecule has 2 N–H and O–H groups in total. The quantitative estimate of drug-likeness (QED) is 0.816. The molecule has 0 bridgehead atoms. The van der Waals surface area contributed by atoms with Crippen LogP contribution in [0.4, 0.5) is 5.13 Å². The lowest BCUT2D eigenvalue weighted by molar-refractivity contribution is -0.129. The molecule has 2 aliphatic rings. The maximum Gasteiger partial charge on any atom is 0.228 e. The monoisotopic (exact) mass is 394 g/mol. The zero-order valence-electron chi connectivity index (χ0n) is 13.8. The van der Waals surface area contributed by atoms with Crippen molar-refractivity contribution < 1.29 is 9.59 Å². The molecule has 1 aromatic heterocycles. The molecule has 3 rings (SSSR count). The van der Waals surface area contributed by atoms with E-state index in [4.69, 9.17) is 0 Å². The van der Waals surface area contributed by atoms with E-state index in [-0.39, 0.29) is 42.5 Å². The van der Waals surface area contributed by atoms with Gasteiger partial charge in [0.05, 0.1) is 12.1 Å². The Morgan fingerprint density at radius 3 is 2.54 bits per heavy atom. The van der Waals surface area contributed by atoms with Gasteiger partial charge in [0.25, 0.3) is 0 Å². The number of carbonyl (C=O) groups is 2. The zero-order chi connectivity index (χ0) is 15.7. The Morgan fingerprint density at radius 2 is 1.96 bits per heavy atom. The minimum Gasteiger partial charge on any atom is -0.342 e. The van der Waals surface area contributed by atoms with Crippen molar-refractivity contribution in [2.24, 2.45) is 17.8 Å². The van der Waals surface area contributed by atoms with Gasteiger partial charge >= 0.3 is 0 Å². The summed E-state index contributed by atoms with van der Waals surface area (Å²) in [6.45, 7) is 7.45. The van der Waals surface area contributed by atoms with Crippen LogP contribution in [0.3, 0.4) is 0 Å². The minimum absolute atomic E-state index is 0. The Bertz CT molecular complexity index is 570. The molecule has 2 atom stereocenters. The van der Waals surface area contributed by atoms with Crippen molar-refractivity contribution in [2.45, 2.75) is 20.3 Å². The first-order valence-electron chi connectivity index (χ1n) is 7.76. The molecule has 9 heteroatoms. The average Bonchev–Trinajstić information content (AvgIpc) is 3.13. The van der Waals surface area contributed by atoms with Gasteiger partial charge in [-0.3, -0.25) is 9.59 Å². The summed E-state index contributed by atoms with van der Waals surface area (Å²) in [4.78, 5) is 30.3. The summed E-state index contributed by atoms with van der Waals surface area (Å²) in [5.74, 6) is 1.24. The Kier molecular flexibility index (Phi) is 7.92. The Labute approximate surface area is 158 Å². The number of anilines is 1. The van der Waals surface area contributed by atoms with E-state index in [1.807, 2.05) is 24.1 Å². The number of hydrogen-bond donors (Lipinski definition) is 2. The van der Waals surface area contributed by atoms with Crippen molar-refractivity contribution in [1.29, 1.82) is 0 Å². The number of halogens is 2. The number of carbonyl (C=O) groups excluding carboxylic acids is 2. The molecule has 24 heavy (non-hydrogen) atoms. The molecule has 6 nitrogen and oxygen atoms in total. The SMILES string of the molecule is CC(C)C(=O)Nc1nc(CC(=O)N2C[C@H]3CNC[C@H]3C2)cs1.Cl.Cl. The summed E-state index contributed by atoms with van der Waals surface area (Å²) in [5.41, 5.74) is 0.740. The highest BCUT2D eigenvalue weighted by molar-refractivity contribution is 7.13. The molecule has 2 aliphatic heterocycles. The number of thiazole rings is 1. The van der Waals surface area contributed by atoms with Gasteiger partial charge in [-0.2, -0.15) is 0 Å². The summed E-state index contributed by atoms with van der Waals surface area (Å²) in [5, 5.41) is 8.57. The van der Waals surface area contributed by atoms with Crippen molar-refractivity contribution >= 4 is 53.1 Å². The topological polar surface area (TPSA) is 74.3 Å². The number of nitrogens with one attached hydrogen (secondary N) is 2. The third-order valence-electron chi connectivity index (χ3n) is 4.38. The summed E-state index contributed by atoms with van der Waals surface area (Å²) in [6.07, 6.45) is 0.320. The fourth-order valence-electron chi connectivity index (χ4n) is 3.02. The lowest BCUT2D eigenvalue weighted by Gasteiger charge is -2.16. The van der Waals surface area contributed by atoms with Gasteiger partial charge in [-0.25, -0.2) is 4.98 Å². The number of amides is 2. The van der Waals surface area contributed by atoms with Crippen LogP contribution >= 0.6 is 36.2 Å². The number of nitrogens with zero attached hydrogens (tertiary/aromatic N) is 2. The molecule has 0 aromatic carbocycles. The first-order chi connectivity index (χ1) is 10.5. The molecule has 0 spiro atoms. The average molecular weight is 395 g/mol. The van der Waals surface area contributed by atoms with Crippen LogP contribution in [0.1, 0.15) is 19.5 Å². The number of fused-ring (bicyclic) bond motifs is 1. The molecule has 2 saturated heterocycles. The largest absolute Gasteiger partial charge is 0.342 e. The van der Waals surface area contributed by atoms with Crippen LogP contribution in [0.15, 0.2) is 5.38 Å². The van der Waals surface area contributed by atoms with E-state index in [9.17, 15) is 9.59 Å². The maximum absolute atomic E-state index is 12.4. The van der Waals surface area contributed by atoms with Crippen LogP contribution in [-0.2, 0) is 16.0 Å². The number of rotatable bonds is 4. The molecule has 2 fully saturated rings. The van der Waals surface area contributed by atoms with Gasteiger partial charge in [-0.1, -0.05) is 13.8 Å². The van der Waals surface area contributed by atoms with E-state index < -0.39 is 0 Å². The van der Waals surface area contributed by atoms with Crippen molar-refractivity contribution in [3.63, 3.8) is 0 Å². The highest BCUT2D eigenvalue weighted by atomic mass is 35.5. The predicted molar refractivity (Wildman–Crippen MR) is 100 cm³/mol. The van der Waals surface area contributed by atoms with Crippen molar-refractivity contribution in [2.75, 3.05) is 31.5 Å². The second kappa shape index (κ2) is 8.99. The fourth-order valence-corrected chi connectivity index (χ4v) is 3.73. The van der Waals surface area contributed by atoms with Crippen molar-refractivity contribution in [3.8, 4) is 0 Å². The first kappa shape index (κ1) is 21.2. The van der Waals surface area contributed by atoms with Gasteiger partial charge in [-0.05, 0) is 11.8 Å². The number of aromatic nitrogens is 1. The number of likely N-dealkylation sites (tertiary alicyclic amines) is 1. The zero-order valence-corrected chi connectivity index (χ0v) is 16.2. The van der Waals surface area contributed by atoms with Crippen LogP contribution in [0.5, 0.6) is 0 Å². The summed E-state index contributed by atoms with van der Waals surface area (Å²) in [6, 6.07) is 0. The molecule has 3 heterocycles. The highest BCUT2D eigenvalue weighted by Gasteiger charge is 2.37. The van der Waals surface area contributed by atoms with Gasteiger partial charge in [0.1, 0.15) is 0 Å². The van der Waals surface area contributed by atoms with Crippen LogP contribution in [0.25, 0.3) is 0 Å². The summed E-state index contributed by atoms with van der Waals surface area (Å²) in [7, 11) is 0. The first-order valence-corrected chi connectivity index (χ1v) is 8.64. The van der Waals surface area contributed by atoms with Crippen LogP contribution in [-0.4, -0.2) is 47.9 Å². The molecule has 136 valence electrons. The predicted octanol–water partition coefficient (Wildman–Crippen LogP) is 1.80. The van der Waals surface area contributed by atoms with E-state index in [0.717, 1.165) is 31.9 Å². The van der Waals surface area contributed by atoms with Gasteiger partial charge < -0.3 is 15.5 Å². The molecule has 1 aromatic rings. The van der Waals surface area contributed by atoms with Gasteiger partial charge in [0, 0.05) is 37.5 Å². The van der Waals surface area contributed by atoms with Gasteiger partial charge in [0.2, 0.25) is 11.8 Å². The normalized spacial score (nSPS) is 21.9. The van der Waals surface area contributed by atoms with E-state index in [1.54, 1.807) is 0 Å². The third-order valence-corrected chi connectivity index (χ3v) is 5.19.